The lowest BCUT2D eigenvalue weighted by Gasteiger charge is -2.32. The lowest BCUT2D eigenvalue weighted by Crippen LogP contribution is -2.46. The van der Waals surface area contributed by atoms with Gasteiger partial charge in [-0.25, -0.2) is 9.78 Å². The third-order valence-electron chi connectivity index (χ3n) is 11.1. The molecular formula is C46H61BBrN3O6. The Hall–Kier alpha value is -3.93. The zero-order valence-electron chi connectivity index (χ0n) is 35.3. The second kappa shape index (κ2) is 18.8. The Morgan fingerprint density at radius 3 is 2.00 bits per heavy atom. The highest BCUT2D eigenvalue weighted by Crippen LogP contribution is 2.36. The van der Waals surface area contributed by atoms with Crippen LogP contribution in [0.3, 0.4) is 0 Å². The molecule has 1 aliphatic rings. The molecule has 3 aromatic carbocycles. The van der Waals surface area contributed by atoms with Crippen LogP contribution in [-0.4, -0.2) is 58.0 Å². The van der Waals surface area contributed by atoms with Gasteiger partial charge in [-0.05, 0) is 135 Å². The number of carbonyl (C=O) groups is 2. The van der Waals surface area contributed by atoms with Crippen molar-refractivity contribution in [2.45, 2.75) is 142 Å². The molecular weight excluding hydrogens is 781 g/mol. The van der Waals surface area contributed by atoms with Crippen LogP contribution >= 0.6 is 15.9 Å². The topological polar surface area (TPSA) is 101 Å². The number of nitrogens with zero attached hydrogens (tertiary/aromatic N) is 2. The van der Waals surface area contributed by atoms with E-state index in [0.29, 0.717) is 12.2 Å². The first-order valence-corrected chi connectivity index (χ1v) is 21.1. The molecule has 0 aliphatic carbocycles. The summed E-state index contributed by atoms with van der Waals surface area (Å²) in [6, 6.07) is 22.6. The van der Waals surface area contributed by atoms with Crippen LogP contribution in [-0.2, 0) is 30.7 Å². The summed E-state index contributed by atoms with van der Waals surface area (Å²) in [5, 5.41) is 3.00. The van der Waals surface area contributed by atoms with E-state index in [1.165, 1.54) is 0 Å². The quantitative estimate of drug-likeness (QED) is 0.0605. The Kier molecular flexibility index (Phi) is 14.5. The number of hydrogen-bond acceptors (Lipinski definition) is 7. The number of ether oxygens (including phenoxy) is 2. The summed E-state index contributed by atoms with van der Waals surface area (Å²) in [5.41, 5.74) is 2.83. The molecule has 0 unspecified atom stereocenters. The van der Waals surface area contributed by atoms with E-state index in [1.54, 1.807) is 6.33 Å². The minimum Gasteiger partial charge on any atom is -0.494 e. The summed E-state index contributed by atoms with van der Waals surface area (Å²) in [7, 11) is -0.484. The van der Waals surface area contributed by atoms with Crippen molar-refractivity contribution in [1.29, 1.82) is 0 Å². The maximum Gasteiger partial charge on any atom is 0.494 e. The normalized spacial score (nSPS) is 15.6. The Balaban J connectivity index is 1.09. The molecule has 1 saturated heterocycles. The number of hydrogen-bond donors (Lipinski definition) is 1. The SMILES string of the molecule is CC(C)(CCCCCCCCOc1ccc(-n2cnc(Br)c2)cc1)OC(=O)[C@H](Cc1ccc(B2OC(C)(C)C(C)(C)O2)cc1)NC(=O)c1ccc(C(C)(C)C)cc1. The number of aromatic nitrogens is 2. The number of benzene rings is 3. The molecule has 9 nitrogen and oxygen atoms in total. The van der Waals surface area contributed by atoms with Crippen molar-refractivity contribution in [3.05, 3.63) is 107 Å². The smallest absolute Gasteiger partial charge is 0.494 e. The van der Waals surface area contributed by atoms with Gasteiger partial charge < -0.3 is 28.7 Å². The zero-order valence-corrected chi connectivity index (χ0v) is 36.9. The highest BCUT2D eigenvalue weighted by Gasteiger charge is 2.51. The predicted octanol–water partition coefficient (Wildman–Crippen LogP) is 9.70. The average molecular weight is 843 g/mol. The third-order valence-corrected chi connectivity index (χ3v) is 11.5. The summed E-state index contributed by atoms with van der Waals surface area (Å²) < 4.78 is 27.3. The molecule has 1 N–H and O–H groups in total. The Bertz CT molecular complexity index is 1900. The molecule has 57 heavy (non-hydrogen) atoms. The summed E-state index contributed by atoms with van der Waals surface area (Å²) in [5.74, 6) is 0.104. The standard InChI is InChI=1S/C46H61BBrN3O6/c1-43(2,3)35-20-18-34(19-21-35)41(52)50-39(30-33-16-22-36(23-17-33)47-56-45(6,7)46(8,9)57-47)42(53)55-44(4,5)28-14-12-10-11-13-15-29-54-38-26-24-37(25-27-38)51-31-40(48)49-32-51/h16-27,31-32,39H,10-15,28-30H2,1-9H3,(H,50,52)/t39-/m0/s1. The molecule has 306 valence electrons. The fourth-order valence-corrected chi connectivity index (χ4v) is 6.99. The molecule has 1 atom stereocenters. The zero-order chi connectivity index (χ0) is 41.4. The number of carbonyl (C=O) groups excluding carboxylic acids is 2. The Morgan fingerprint density at radius 2 is 1.42 bits per heavy atom. The van der Waals surface area contributed by atoms with E-state index in [-0.39, 0.29) is 17.7 Å². The van der Waals surface area contributed by atoms with Crippen molar-refractivity contribution in [3.8, 4) is 11.4 Å². The van der Waals surface area contributed by atoms with Gasteiger partial charge in [0.2, 0.25) is 0 Å². The van der Waals surface area contributed by atoms with Gasteiger partial charge in [-0.2, -0.15) is 0 Å². The Morgan fingerprint density at radius 1 is 0.825 bits per heavy atom. The molecule has 1 fully saturated rings. The first-order chi connectivity index (χ1) is 26.8. The van der Waals surface area contributed by atoms with Crippen LogP contribution in [0.5, 0.6) is 5.75 Å². The summed E-state index contributed by atoms with van der Waals surface area (Å²) in [6.45, 7) is 19.1. The molecule has 2 heterocycles. The fraction of sp³-hybridized carbons (Fsp3) is 0.500. The second-order valence-electron chi connectivity index (χ2n) is 17.9. The summed E-state index contributed by atoms with van der Waals surface area (Å²) in [4.78, 5) is 31.6. The van der Waals surface area contributed by atoms with Gasteiger partial charge in [-0.3, -0.25) is 4.79 Å². The molecule has 0 spiro atoms. The second-order valence-corrected chi connectivity index (χ2v) is 18.7. The summed E-state index contributed by atoms with van der Waals surface area (Å²) >= 11 is 3.38. The van der Waals surface area contributed by atoms with Gasteiger partial charge in [0, 0.05) is 23.9 Å². The van der Waals surface area contributed by atoms with Crippen LogP contribution in [0.15, 0.2) is 89.9 Å². The van der Waals surface area contributed by atoms with Crippen LogP contribution in [0, 0.1) is 0 Å². The van der Waals surface area contributed by atoms with E-state index in [0.717, 1.165) is 77.6 Å². The first-order valence-electron chi connectivity index (χ1n) is 20.3. The lowest BCUT2D eigenvalue weighted by atomic mass is 9.78. The van der Waals surface area contributed by atoms with Crippen molar-refractivity contribution in [3.63, 3.8) is 0 Å². The van der Waals surface area contributed by atoms with Crippen molar-refractivity contribution < 1.29 is 28.4 Å². The van der Waals surface area contributed by atoms with E-state index in [9.17, 15) is 9.59 Å². The highest BCUT2D eigenvalue weighted by atomic mass is 79.9. The molecule has 4 aromatic rings. The number of esters is 1. The molecule has 11 heteroatoms. The van der Waals surface area contributed by atoms with Gasteiger partial charge in [0.25, 0.3) is 5.91 Å². The van der Waals surface area contributed by atoms with Crippen molar-refractivity contribution in [2.24, 2.45) is 0 Å². The largest absolute Gasteiger partial charge is 0.494 e. The molecule has 0 bridgehead atoms. The van der Waals surface area contributed by atoms with Crippen LogP contribution in [0.1, 0.15) is 129 Å². The van der Waals surface area contributed by atoms with E-state index in [1.807, 2.05) is 125 Å². The third kappa shape index (κ3) is 12.5. The van der Waals surface area contributed by atoms with Gasteiger partial charge >= 0.3 is 13.1 Å². The van der Waals surface area contributed by atoms with E-state index >= 15 is 0 Å². The number of nitrogens with one attached hydrogen (secondary N) is 1. The van der Waals surface area contributed by atoms with Crippen molar-refractivity contribution in [2.75, 3.05) is 6.61 Å². The summed E-state index contributed by atoms with van der Waals surface area (Å²) in [6.07, 6.45) is 11.0. The number of imidazole rings is 1. The van der Waals surface area contributed by atoms with Gasteiger partial charge in [0.15, 0.2) is 0 Å². The number of rotatable bonds is 18. The first kappa shape index (κ1) is 44.2. The van der Waals surface area contributed by atoms with Crippen LogP contribution in [0.2, 0.25) is 0 Å². The minimum atomic E-state index is -0.874. The number of amides is 1. The van der Waals surface area contributed by atoms with E-state index in [2.05, 4.69) is 47.0 Å². The van der Waals surface area contributed by atoms with Crippen LogP contribution in [0.25, 0.3) is 5.69 Å². The maximum absolute atomic E-state index is 13.9. The molecule has 1 aliphatic heterocycles. The van der Waals surface area contributed by atoms with Gasteiger partial charge in [-0.1, -0.05) is 82.9 Å². The van der Waals surface area contributed by atoms with Gasteiger partial charge in [0.1, 0.15) is 28.3 Å². The predicted molar refractivity (Wildman–Crippen MR) is 232 cm³/mol. The van der Waals surface area contributed by atoms with E-state index in [4.69, 9.17) is 18.8 Å². The van der Waals surface area contributed by atoms with Crippen molar-refractivity contribution in [1.82, 2.24) is 14.9 Å². The van der Waals surface area contributed by atoms with Crippen LogP contribution < -0.4 is 15.5 Å². The van der Waals surface area contributed by atoms with Crippen LogP contribution in [0.4, 0.5) is 0 Å². The molecule has 1 amide bonds. The highest BCUT2D eigenvalue weighted by molar-refractivity contribution is 9.10. The monoisotopic (exact) mass is 841 g/mol. The average Bonchev–Trinajstić information content (AvgIpc) is 3.68. The fourth-order valence-electron chi connectivity index (χ4n) is 6.68. The maximum atomic E-state index is 13.9. The number of unbranched alkanes of at least 4 members (excludes halogenated alkanes) is 5. The minimum absolute atomic E-state index is 0.0388. The number of halogens is 1. The van der Waals surface area contributed by atoms with Gasteiger partial charge in [-0.15, -0.1) is 0 Å². The Labute approximate surface area is 348 Å². The van der Waals surface area contributed by atoms with Crippen molar-refractivity contribution >= 4 is 40.4 Å². The van der Waals surface area contributed by atoms with Gasteiger partial charge in [0.05, 0.1) is 17.8 Å². The molecule has 5 rings (SSSR count). The molecule has 0 radical (unpaired) electrons. The molecule has 0 saturated carbocycles. The van der Waals surface area contributed by atoms with E-state index < -0.39 is 35.9 Å². The molecule has 1 aromatic heterocycles. The lowest BCUT2D eigenvalue weighted by molar-refractivity contribution is -0.159.